The van der Waals surface area contributed by atoms with Crippen molar-refractivity contribution in [1.82, 2.24) is 0 Å². The third-order valence-electron chi connectivity index (χ3n) is 21.0. The monoisotopic (exact) mass is 1540 g/mol. The van der Waals surface area contributed by atoms with E-state index in [1.807, 2.05) is 191 Å². The minimum absolute atomic E-state index is 0.00299. The van der Waals surface area contributed by atoms with Gasteiger partial charge in [0.15, 0.2) is 25.0 Å². The van der Waals surface area contributed by atoms with E-state index in [4.69, 9.17) is 71.1 Å². The first-order chi connectivity index (χ1) is 54.0. The van der Waals surface area contributed by atoms with Gasteiger partial charge in [-0.1, -0.05) is 255 Å². The second-order valence-electron chi connectivity index (χ2n) is 28.8. The lowest BCUT2D eigenvalue weighted by atomic mass is 9.79. The predicted molar refractivity (Wildman–Crippen MR) is 413 cm³/mol. The van der Waals surface area contributed by atoms with Crippen LogP contribution in [0.3, 0.4) is 0 Å². The molecule has 10 unspecified atom stereocenters. The summed E-state index contributed by atoms with van der Waals surface area (Å²) < 4.78 is 140. The Labute approximate surface area is 652 Å². The fourth-order valence-corrected chi connectivity index (χ4v) is 15.5. The van der Waals surface area contributed by atoms with E-state index in [9.17, 15) is 22.8 Å². The number of hydrogen-bond acceptors (Lipinski definition) is 19. The minimum Gasteiger partial charge on any atom is -0.455 e. The molecule has 0 bridgehead atoms. The van der Waals surface area contributed by atoms with Gasteiger partial charge in [-0.25, -0.2) is 14.6 Å². The van der Waals surface area contributed by atoms with Crippen molar-refractivity contribution in [1.29, 1.82) is 0 Å². The summed E-state index contributed by atoms with van der Waals surface area (Å²) in [6.07, 6.45) is -15.4. The molecule has 0 spiro atoms. The number of hydrogen-bond donors (Lipinski definition) is 0. The van der Waals surface area contributed by atoms with Crippen LogP contribution >= 0.6 is 11.8 Å². The molecule has 18 nitrogen and oxygen atoms in total. The van der Waals surface area contributed by atoms with Gasteiger partial charge in [0.05, 0.1) is 94.1 Å². The number of esters is 2. The topological polar surface area (TPSA) is 185 Å². The highest BCUT2D eigenvalue weighted by Gasteiger charge is 2.56. The second kappa shape index (κ2) is 40.5. The molecule has 5 heterocycles. The Morgan fingerprint density at radius 2 is 0.856 bits per heavy atom. The van der Waals surface area contributed by atoms with Crippen molar-refractivity contribution >= 4 is 35.3 Å². The molecular weight excluding hydrogens is 1440 g/mol. The van der Waals surface area contributed by atoms with Crippen molar-refractivity contribution in [2.75, 3.05) is 32.2 Å². The zero-order chi connectivity index (χ0) is 77.6. The van der Waals surface area contributed by atoms with Crippen LogP contribution in [0.4, 0.5) is 18.9 Å². The summed E-state index contributed by atoms with van der Waals surface area (Å²) in [7, 11) is 0. The molecule has 0 saturated carbocycles. The number of carbonyl (C=O) groups excluding carboxylic acids is 2. The summed E-state index contributed by atoms with van der Waals surface area (Å²) >= 11 is 1.56. The molecule has 590 valence electrons. The maximum absolute atomic E-state index is 14.6. The number of fused-ring (bicyclic) bond motifs is 1. The molecule has 5 fully saturated rings. The van der Waals surface area contributed by atoms with E-state index in [2.05, 4.69) is 25.8 Å². The molecule has 0 aliphatic carbocycles. The normalized spacial score (nSPS) is 29.5. The molecule has 8 aromatic carbocycles. The van der Waals surface area contributed by atoms with Gasteiger partial charge in [-0.05, 0) is 76.2 Å². The van der Waals surface area contributed by atoms with Crippen LogP contribution in [-0.4, -0.2) is 142 Å². The number of benzene rings is 8. The van der Waals surface area contributed by atoms with Gasteiger partial charge < -0.3 is 71.1 Å². The molecule has 0 N–H and O–H groups in total. The summed E-state index contributed by atoms with van der Waals surface area (Å²) in [6, 6.07) is 74.2. The van der Waals surface area contributed by atoms with E-state index in [-0.39, 0.29) is 74.4 Å². The average Bonchev–Trinajstić information content (AvgIpc) is 0.767. The first-order valence-corrected chi connectivity index (χ1v) is 39.3. The highest BCUT2D eigenvalue weighted by atomic mass is 32.2. The van der Waals surface area contributed by atoms with E-state index in [0.717, 1.165) is 33.6 Å². The number of thioether (sulfide) groups is 1. The van der Waals surface area contributed by atoms with Gasteiger partial charge in [0.1, 0.15) is 36.0 Å². The van der Waals surface area contributed by atoms with Gasteiger partial charge in [0.2, 0.25) is 6.29 Å². The van der Waals surface area contributed by atoms with Crippen LogP contribution in [0.5, 0.6) is 0 Å². The lowest BCUT2D eigenvalue weighted by Crippen LogP contribution is -2.63. The molecule has 21 atom stereocenters. The van der Waals surface area contributed by atoms with Crippen LogP contribution < -0.4 is 0 Å². The summed E-state index contributed by atoms with van der Waals surface area (Å²) in [4.78, 5) is 31.0. The summed E-state index contributed by atoms with van der Waals surface area (Å²) in [5, 5.41) is 0. The van der Waals surface area contributed by atoms with Crippen molar-refractivity contribution in [2.24, 2.45) is 40.5 Å². The highest BCUT2D eigenvalue weighted by Crippen LogP contribution is 2.44. The number of aliphatic imine (C=N–C) groups is 1. The van der Waals surface area contributed by atoms with E-state index in [1.165, 1.54) is 12.1 Å². The van der Waals surface area contributed by atoms with Crippen LogP contribution in [0, 0.1) is 35.5 Å². The number of carbonyl (C=O) groups is 2. The molecule has 5 aliphatic heterocycles. The lowest BCUT2D eigenvalue weighted by Gasteiger charge is -2.50. The quantitative estimate of drug-likeness (QED) is 0.0256. The van der Waals surface area contributed by atoms with Crippen LogP contribution in [0.15, 0.2) is 248 Å². The fraction of sp³-hybridized carbons (Fsp3) is 0.427. The Hall–Kier alpha value is -8.17. The van der Waals surface area contributed by atoms with Gasteiger partial charge in [-0.3, -0.25) is 0 Å². The number of rotatable bonds is 28. The smallest absolute Gasteiger partial charge is 0.455 e. The molecule has 22 heteroatoms. The maximum Gasteiger partial charge on any atom is 0.468 e. The molecule has 5 aliphatic rings. The molecule has 0 amide bonds. The summed E-state index contributed by atoms with van der Waals surface area (Å²) in [5.74, 6) is -2.63. The number of ether oxygens (including phenoxy) is 15. The van der Waals surface area contributed by atoms with Crippen LogP contribution in [0.2, 0.25) is 0 Å². The molecule has 0 radical (unpaired) electrons. The molecule has 0 aromatic heterocycles. The predicted octanol–water partition coefficient (Wildman–Crippen LogP) is 17.3. The Morgan fingerprint density at radius 1 is 0.423 bits per heavy atom. The van der Waals surface area contributed by atoms with Gasteiger partial charge in [0, 0.05) is 29.2 Å². The van der Waals surface area contributed by atoms with Crippen molar-refractivity contribution in [3.63, 3.8) is 0 Å². The Morgan fingerprint density at radius 3 is 1.36 bits per heavy atom. The van der Waals surface area contributed by atoms with E-state index >= 15 is 0 Å². The molecule has 13 rings (SSSR count). The van der Waals surface area contributed by atoms with Crippen molar-refractivity contribution in [3.05, 3.63) is 282 Å². The van der Waals surface area contributed by atoms with Crippen molar-refractivity contribution in [3.8, 4) is 0 Å². The minimum atomic E-state index is -4.92. The molecule has 8 aromatic rings. The summed E-state index contributed by atoms with van der Waals surface area (Å²) in [5.41, 5.74) is 5.18. The fourth-order valence-electron chi connectivity index (χ4n) is 14.5. The first kappa shape index (κ1) is 82.3. The zero-order valence-electron chi connectivity index (χ0n) is 63.5. The number of halogens is 3. The number of alkyl halides is 3. The Kier molecular flexibility index (Phi) is 30.0. The maximum atomic E-state index is 14.6. The first-order valence-electron chi connectivity index (χ1n) is 38.2. The number of para-hydroxylation sites is 1. The van der Waals surface area contributed by atoms with Gasteiger partial charge in [-0.15, -0.1) is 11.8 Å². The second-order valence-corrected chi connectivity index (χ2v) is 30.1. The van der Waals surface area contributed by atoms with Gasteiger partial charge in [0.25, 0.3) is 5.90 Å². The average molecular weight is 1540 g/mol. The molecule has 111 heavy (non-hydrogen) atoms. The Balaban J connectivity index is 0.000000206. The van der Waals surface area contributed by atoms with Crippen molar-refractivity contribution in [2.45, 2.75) is 173 Å². The standard InChI is InChI=1S/C45H52F3NO7.C44H48O10S/c1-30-31(2)38(28-50-25-34-17-9-5-10-18-34)53-42(32(30)3)55-40-33(4)41(52-27-36-21-13-7-14-22-36)43(54-39(40)29-51-26-35-19-11-6-12-20-35)56-44(45(46,47)48)49-37-23-15-8-16-24-37;1-4-55-44-39(52-41(46)32-21-13-7-14-22-32)29(3)37(34(50-44)26-47-25-30-17-9-5-10-18-30)54-43-38(51-40(45)31-19-11-6-12-20-31)28(2)36-35(49-43)27-48-42(53-36)33-23-15-8-16-24-33/h5-24,30-33,38-43H,25-29H2,1-4H3;5-24,28-29,34-39,42-44H,4,25-27H2,1-3H3/t30-,31-,32?,33-,38?,39?,40+,41?,42+,43?;28-,29-,34?,35?,36-,37-,38?,39?,42?,43-,44-/m00/s1. The highest BCUT2D eigenvalue weighted by molar-refractivity contribution is 7.99. The Bertz CT molecular complexity index is 4100. The lowest BCUT2D eigenvalue weighted by molar-refractivity contribution is -0.366. The van der Waals surface area contributed by atoms with Crippen LogP contribution in [0.1, 0.15) is 103 Å². The van der Waals surface area contributed by atoms with E-state index < -0.39 is 115 Å². The zero-order valence-corrected chi connectivity index (χ0v) is 64.3. The summed E-state index contributed by atoms with van der Waals surface area (Å²) in [6.45, 7) is 16.3. The molecule has 5 saturated heterocycles. The third-order valence-corrected chi connectivity index (χ3v) is 22.1. The SMILES string of the molecule is CC1[C@@H](O[C@H]2C(COCc3ccccc3)OC(OC(=Nc3ccccc3)C(F)(F)F)C(OCc3ccccc3)[C@H]2C)OC(COCc2ccccc2)[C@@H](C)[C@@H]1C.CCS[C@@H]1OC(COCc2ccccc2)[C@@H](O[C@@H]2OC3COC(c4ccccc4)O[C@H]3[C@H](C)C2OC(=O)c2ccccc2)[C@H](C)C1OC(=O)c1ccccc1. The van der Waals surface area contributed by atoms with Gasteiger partial charge >= 0.3 is 18.1 Å². The van der Waals surface area contributed by atoms with Crippen molar-refractivity contribution < 1.29 is 93.8 Å². The number of nitrogens with zero attached hydrogens (tertiary/aromatic N) is 1. The largest absolute Gasteiger partial charge is 0.468 e. The third kappa shape index (κ3) is 22.4. The van der Waals surface area contributed by atoms with Gasteiger partial charge in [-0.2, -0.15) is 13.2 Å². The van der Waals surface area contributed by atoms with Crippen LogP contribution in [0.25, 0.3) is 0 Å². The van der Waals surface area contributed by atoms with E-state index in [0.29, 0.717) is 30.9 Å². The van der Waals surface area contributed by atoms with E-state index in [1.54, 1.807) is 78.5 Å². The molecular formula is C89H100F3NO17S. The van der Waals surface area contributed by atoms with Crippen LogP contribution in [-0.2, 0) is 97.5 Å².